The quantitative estimate of drug-likeness (QED) is 0.416. The fourth-order valence-corrected chi connectivity index (χ4v) is 0.742. The van der Waals surface area contributed by atoms with Crippen molar-refractivity contribution in [2.75, 3.05) is 0 Å². The first-order valence-electron chi connectivity index (χ1n) is 2.87. The molecule has 1 atom stereocenters. The first-order valence-corrected chi connectivity index (χ1v) is 4.03. The summed E-state index contributed by atoms with van der Waals surface area (Å²) < 4.78 is 4.35. The van der Waals surface area contributed by atoms with Gasteiger partial charge in [0.1, 0.15) is 0 Å². The maximum atomic E-state index is 9.03. The van der Waals surface area contributed by atoms with Crippen molar-refractivity contribution in [1.82, 2.24) is 0 Å². The van der Waals surface area contributed by atoms with E-state index >= 15 is 0 Å². The molecular weight excluding hydrogens is 155 g/mol. The van der Waals surface area contributed by atoms with Crippen LogP contribution in [0.1, 0.15) is 20.8 Å². The van der Waals surface area contributed by atoms with Gasteiger partial charge in [-0.1, -0.05) is 20.8 Å². The second kappa shape index (κ2) is 3.60. The topological polar surface area (TPSA) is 69.9 Å². The van der Waals surface area contributed by atoms with Crippen LogP contribution in [0.3, 0.4) is 0 Å². The standard InChI is InChI=1S/C5H13O4P/c1-5(2,3)4(6)9-10(7)8/h4,6-8H,1-3H3. The van der Waals surface area contributed by atoms with Gasteiger partial charge in [-0.2, -0.15) is 0 Å². The van der Waals surface area contributed by atoms with E-state index in [1.165, 1.54) is 0 Å². The minimum Gasteiger partial charge on any atom is -0.367 e. The fraction of sp³-hybridized carbons (Fsp3) is 1.00. The Kier molecular flexibility index (Phi) is 3.70. The van der Waals surface area contributed by atoms with E-state index in [2.05, 4.69) is 4.52 Å². The molecule has 0 aliphatic carbocycles. The molecule has 0 bridgehead atoms. The smallest absolute Gasteiger partial charge is 0.329 e. The SMILES string of the molecule is CC(C)(C)C(O)OP(O)O. The molecule has 0 radical (unpaired) electrons. The third kappa shape index (κ3) is 4.14. The summed E-state index contributed by atoms with van der Waals surface area (Å²) in [6.07, 6.45) is -1.13. The molecule has 10 heavy (non-hydrogen) atoms. The third-order valence-corrected chi connectivity index (χ3v) is 1.32. The Morgan fingerprint density at radius 3 is 1.80 bits per heavy atom. The minimum absolute atomic E-state index is 0.480. The molecule has 0 saturated heterocycles. The molecule has 0 amide bonds. The van der Waals surface area contributed by atoms with Crippen molar-refractivity contribution in [2.45, 2.75) is 27.1 Å². The number of hydrogen-bond acceptors (Lipinski definition) is 4. The van der Waals surface area contributed by atoms with Gasteiger partial charge in [-0.3, -0.25) is 4.52 Å². The van der Waals surface area contributed by atoms with E-state index < -0.39 is 20.3 Å². The molecule has 0 saturated carbocycles. The summed E-state index contributed by atoms with van der Waals surface area (Å²) in [6, 6.07) is 0. The lowest BCUT2D eigenvalue weighted by Crippen LogP contribution is -2.27. The second-order valence-electron chi connectivity index (χ2n) is 3.08. The lowest BCUT2D eigenvalue weighted by atomic mass is 9.96. The average Bonchev–Trinajstić information content (AvgIpc) is 1.60. The highest BCUT2D eigenvalue weighted by Gasteiger charge is 2.25. The molecule has 0 aromatic rings. The van der Waals surface area contributed by atoms with Gasteiger partial charge in [0.25, 0.3) is 0 Å². The van der Waals surface area contributed by atoms with E-state index in [0.717, 1.165) is 0 Å². The Balaban J connectivity index is 3.73. The van der Waals surface area contributed by atoms with Gasteiger partial charge in [0.05, 0.1) is 0 Å². The molecular formula is C5H13O4P. The Bertz CT molecular complexity index is 98.3. The van der Waals surface area contributed by atoms with Gasteiger partial charge in [0.2, 0.25) is 0 Å². The molecule has 1 unspecified atom stereocenters. The molecule has 3 N–H and O–H groups in total. The Labute approximate surface area is 61.5 Å². The van der Waals surface area contributed by atoms with E-state index in [1.54, 1.807) is 20.8 Å². The maximum Gasteiger partial charge on any atom is 0.329 e. The maximum absolute atomic E-state index is 9.03. The molecule has 0 fully saturated rings. The Morgan fingerprint density at radius 2 is 1.70 bits per heavy atom. The zero-order chi connectivity index (χ0) is 8.36. The predicted octanol–water partition coefficient (Wildman–Crippen LogP) is 0.579. The molecule has 0 aliphatic rings. The Hall–Kier alpha value is 0.270. The molecule has 0 rings (SSSR count). The van der Waals surface area contributed by atoms with Gasteiger partial charge < -0.3 is 14.9 Å². The molecule has 4 nitrogen and oxygen atoms in total. The first kappa shape index (κ1) is 10.3. The monoisotopic (exact) mass is 168 g/mol. The van der Waals surface area contributed by atoms with Crippen LogP contribution in [0.5, 0.6) is 0 Å². The van der Waals surface area contributed by atoms with Gasteiger partial charge >= 0.3 is 8.60 Å². The summed E-state index contributed by atoms with van der Waals surface area (Å²) in [7, 11) is -2.45. The number of hydrogen-bond donors (Lipinski definition) is 3. The van der Waals surface area contributed by atoms with Crippen LogP contribution in [0.4, 0.5) is 0 Å². The predicted molar refractivity (Wildman–Crippen MR) is 37.9 cm³/mol. The zero-order valence-corrected chi connectivity index (χ0v) is 7.17. The summed E-state index contributed by atoms with van der Waals surface area (Å²) in [5.74, 6) is 0. The first-order chi connectivity index (χ1) is 4.34. The molecule has 0 spiro atoms. The van der Waals surface area contributed by atoms with Gasteiger partial charge in [0.15, 0.2) is 6.29 Å². The third-order valence-electron chi connectivity index (χ3n) is 0.935. The number of aliphatic hydroxyl groups is 1. The zero-order valence-electron chi connectivity index (χ0n) is 6.27. The summed E-state index contributed by atoms with van der Waals surface area (Å²) in [5, 5.41) is 9.03. The van der Waals surface area contributed by atoms with Crippen LogP contribution in [0, 0.1) is 5.41 Å². The number of aliphatic hydroxyl groups excluding tert-OH is 1. The Morgan fingerprint density at radius 1 is 1.30 bits per heavy atom. The largest absolute Gasteiger partial charge is 0.367 e. The van der Waals surface area contributed by atoms with Crippen molar-refractivity contribution in [2.24, 2.45) is 5.41 Å². The lowest BCUT2D eigenvalue weighted by Gasteiger charge is -2.25. The highest BCUT2D eigenvalue weighted by Crippen LogP contribution is 2.32. The van der Waals surface area contributed by atoms with Gasteiger partial charge in [-0.25, -0.2) is 0 Å². The van der Waals surface area contributed by atoms with Crippen LogP contribution < -0.4 is 0 Å². The molecule has 5 heteroatoms. The highest BCUT2D eigenvalue weighted by atomic mass is 31.2. The van der Waals surface area contributed by atoms with E-state index in [0.29, 0.717) is 0 Å². The second-order valence-corrected chi connectivity index (χ2v) is 3.79. The van der Waals surface area contributed by atoms with Crippen LogP contribution in [-0.2, 0) is 4.52 Å². The molecule has 0 aromatic carbocycles. The number of rotatable bonds is 2. The van der Waals surface area contributed by atoms with E-state index in [1.807, 2.05) is 0 Å². The lowest BCUT2D eigenvalue weighted by molar-refractivity contribution is -0.0982. The van der Waals surface area contributed by atoms with Crippen LogP contribution in [0.2, 0.25) is 0 Å². The van der Waals surface area contributed by atoms with Crippen LogP contribution in [0.15, 0.2) is 0 Å². The van der Waals surface area contributed by atoms with Crippen molar-refractivity contribution < 1.29 is 19.4 Å². The minimum atomic E-state index is -2.45. The van der Waals surface area contributed by atoms with E-state index in [9.17, 15) is 0 Å². The van der Waals surface area contributed by atoms with Crippen molar-refractivity contribution in [1.29, 1.82) is 0 Å². The van der Waals surface area contributed by atoms with E-state index in [4.69, 9.17) is 14.9 Å². The van der Waals surface area contributed by atoms with Crippen LogP contribution >= 0.6 is 8.60 Å². The normalized spacial score (nSPS) is 15.9. The molecule has 0 aliphatic heterocycles. The van der Waals surface area contributed by atoms with Crippen molar-refractivity contribution in [3.8, 4) is 0 Å². The molecule has 62 valence electrons. The summed E-state index contributed by atoms with van der Waals surface area (Å²) in [5.41, 5.74) is -0.480. The summed E-state index contributed by atoms with van der Waals surface area (Å²) >= 11 is 0. The average molecular weight is 168 g/mol. The van der Waals surface area contributed by atoms with Gasteiger partial charge in [-0.15, -0.1) is 0 Å². The van der Waals surface area contributed by atoms with Gasteiger partial charge in [-0.05, 0) is 0 Å². The fourth-order valence-electron chi connectivity index (χ4n) is 0.247. The van der Waals surface area contributed by atoms with Crippen molar-refractivity contribution in [3.05, 3.63) is 0 Å². The summed E-state index contributed by atoms with van der Waals surface area (Å²) in [4.78, 5) is 16.6. The summed E-state index contributed by atoms with van der Waals surface area (Å²) in [6.45, 7) is 5.20. The van der Waals surface area contributed by atoms with E-state index in [-0.39, 0.29) is 0 Å². The molecule has 0 aromatic heterocycles. The van der Waals surface area contributed by atoms with Crippen molar-refractivity contribution >= 4 is 8.60 Å². The highest BCUT2D eigenvalue weighted by molar-refractivity contribution is 7.39. The van der Waals surface area contributed by atoms with Gasteiger partial charge in [0, 0.05) is 5.41 Å². The van der Waals surface area contributed by atoms with Crippen LogP contribution in [-0.4, -0.2) is 21.2 Å². The van der Waals surface area contributed by atoms with Crippen LogP contribution in [0.25, 0.3) is 0 Å². The van der Waals surface area contributed by atoms with Crippen molar-refractivity contribution in [3.63, 3.8) is 0 Å². The molecule has 0 heterocycles.